The molecule has 0 spiro atoms. The molecular formula is C24H20F2N2O4. The van der Waals surface area contributed by atoms with Gasteiger partial charge >= 0.3 is 5.97 Å². The molecule has 0 aromatic heterocycles. The number of hydrogen-bond donors (Lipinski definition) is 1. The van der Waals surface area contributed by atoms with Gasteiger partial charge in [0.2, 0.25) is 11.8 Å². The normalized spacial score (nSPS) is 10.4. The van der Waals surface area contributed by atoms with Crippen LogP contribution in [-0.2, 0) is 20.8 Å². The summed E-state index contributed by atoms with van der Waals surface area (Å²) in [7, 11) is 0. The number of hydrogen-bond acceptors (Lipinski definition) is 3. The summed E-state index contributed by atoms with van der Waals surface area (Å²) in [5, 5.41) is 9.26. The molecule has 164 valence electrons. The Kier molecular flexibility index (Phi) is 7.28. The van der Waals surface area contributed by atoms with Crippen LogP contribution in [0, 0.1) is 11.6 Å². The molecule has 3 aromatic rings. The van der Waals surface area contributed by atoms with Crippen molar-refractivity contribution in [2.45, 2.75) is 6.42 Å². The predicted molar refractivity (Wildman–Crippen MR) is 115 cm³/mol. The Morgan fingerprint density at radius 2 is 1.16 bits per heavy atom. The van der Waals surface area contributed by atoms with E-state index in [-0.39, 0.29) is 12.0 Å². The van der Waals surface area contributed by atoms with Crippen LogP contribution in [0.15, 0.2) is 78.9 Å². The van der Waals surface area contributed by atoms with E-state index in [1.165, 1.54) is 4.90 Å². The molecule has 0 unspecified atom stereocenters. The maximum absolute atomic E-state index is 13.5. The number of benzene rings is 3. The number of amides is 2. The van der Waals surface area contributed by atoms with E-state index in [2.05, 4.69) is 0 Å². The van der Waals surface area contributed by atoms with E-state index in [1.807, 2.05) is 0 Å². The number of carboxylic acids is 1. The smallest absolute Gasteiger partial charge is 0.323 e. The number of halogens is 2. The van der Waals surface area contributed by atoms with Gasteiger partial charge in [0.25, 0.3) is 0 Å². The summed E-state index contributed by atoms with van der Waals surface area (Å²) in [6.07, 6.45) is -0.346. The standard InChI is InChI=1S/C24H20F2N2O4/c25-18-11-17(12-19(26)14-18)13-22(29)27(20-7-3-1-4-8-20)15-23(30)28(16-24(31)32)21-9-5-2-6-10-21/h1-12,14H,13,15-16H2,(H,31,32). The highest BCUT2D eigenvalue weighted by molar-refractivity contribution is 6.05. The second-order valence-corrected chi connectivity index (χ2v) is 6.98. The molecule has 0 saturated carbocycles. The van der Waals surface area contributed by atoms with Crippen molar-refractivity contribution in [3.8, 4) is 0 Å². The van der Waals surface area contributed by atoms with Crippen LogP contribution < -0.4 is 9.80 Å². The fourth-order valence-corrected chi connectivity index (χ4v) is 3.20. The van der Waals surface area contributed by atoms with Crippen LogP contribution in [0.5, 0.6) is 0 Å². The van der Waals surface area contributed by atoms with Crippen molar-refractivity contribution in [2.75, 3.05) is 22.9 Å². The van der Waals surface area contributed by atoms with Crippen molar-refractivity contribution in [1.29, 1.82) is 0 Å². The zero-order chi connectivity index (χ0) is 23.1. The maximum Gasteiger partial charge on any atom is 0.323 e. The number of para-hydroxylation sites is 2. The average molecular weight is 438 g/mol. The second kappa shape index (κ2) is 10.3. The first-order valence-corrected chi connectivity index (χ1v) is 9.71. The lowest BCUT2D eigenvalue weighted by Crippen LogP contribution is -2.45. The van der Waals surface area contributed by atoms with Gasteiger partial charge in [0.05, 0.1) is 6.42 Å². The molecule has 32 heavy (non-hydrogen) atoms. The summed E-state index contributed by atoms with van der Waals surface area (Å²) >= 11 is 0. The van der Waals surface area contributed by atoms with Gasteiger partial charge < -0.3 is 10.0 Å². The third kappa shape index (κ3) is 5.98. The molecule has 0 atom stereocenters. The van der Waals surface area contributed by atoms with Crippen molar-refractivity contribution in [2.24, 2.45) is 0 Å². The second-order valence-electron chi connectivity index (χ2n) is 6.98. The Balaban J connectivity index is 1.89. The maximum atomic E-state index is 13.5. The molecular weight excluding hydrogens is 418 g/mol. The van der Waals surface area contributed by atoms with Gasteiger partial charge in [-0.25, -0.2) is 8.78 Å². The zero-order valence-corrected chi connectivity index (χ0v) is 16.9. The summed E-state index contributed by atoms with van der Waals surface area (Å²) in [5.41, 5.74) is 0.880. The number of carbonyl (C=O) groups is 3. The van der Waals surface area contributed by atoms with E-state index in [0.717, 1.165) is 17.0 Å². The summed E-state index contributed by atoms with van der Waals surface area (Å²) < 4.78 is 27.1. The van der Waals surface area contributed by atoms with Crippen LogP contribution >= 0.6 is 0 Å². The number of aliphatic carboxylic acids is 1. The van der Waals surface area contributed by atoms with Gasteiger partial charge in [-0.1, -0.05) is 36.4 Å². The Morgan fingerprint density at radius 1 is 0.688 bits per heavy atom. The number of anilines is 2. The topological polar surface area (TPSA) is 77.9 Å². The molecule has 0 aliphatic carbocycles. The molecule has 0 heterocycles. The van der Waals surface area contributed by atoms with E-state index in [9.17, 15) is 28.3 Å². The monoisotopic (exact) mass is 438 g/mol. The lowest BCUT2D eigenvalue weighted by atomic mass is 10.1. The average Bonchev–Trinajstić information content (AvgIpc) is 2.76. The molecule has 0 aliphatic rings. The lowest BCUT2D eigenvalue weighted by Gasteiger charge is -2.27. The van der Waals surface area contributed by atoms with E-state index < -0.39 is 42.5 Å². The van der Waals surface area contributed by atoms with Crippen molar-refractivity contribution in [3.05, 3.63) is 96.1 Å². The fourth-order valence-electron chi connectivity index (χ4n) is 3.20. The molecule has 3 aromatic carbocycles. The minimum Gasteiger partial charge on any atom is -0.480 e. The SMILES string of the molecule is O=C(O)CN(C(=O)CN(C(=O)Cc1cc(F)cc(F)c1)c1ccccc1)c1ccccc1. The van der Waals surface area contributed by atoms with Gasteiger partial charge in [0.15, 0.2) is 0 Å². The van der Waals surface area contributed by atoms with Crippen LogP contribution in [0.1, 0.15) is 5.56 Å². The van der Waals surface area contributed by atoms with Crippen molar-refractivity contribution >= 4 is 29.2 Å². The quantitative estimate of drug-likeness (QED) is 0.582. The van der Waals surface area contributed by atoms with Crippen molar-refractivity contribution < 1.29 is 28.3 Å². The largest absolute Gasteiger partial charge is 0.480 e. The first-order chi connectivity index (χ1) is 15.3. The number of rotatable bonds is 8. The van der Waals surface area contributed by atoms with Crippen molar-refractivity contribution in [1.82, 2.24) is 0 Å². The number of carbonyl (C=O) groups excluding carboxylic acids is 2. The predicted octanol–water partition coefficient (Wildman–Crippen LogP) is 3.66. The van der Waals surface area contributed by atoms with Gasteiger partial charge in [-0.3, -0.25) is 19.3 Å². The molecule has 0 radical (unpaired) electrons. The Morgan fingerprint density at radius 3 is 1.62 bits per heavy atom. The minimum absolute atomic E-state index is 0.117. The van der Waals surface area contributed by atoms with E-state index in [0.29, 0.717) is 17.4 Å². The Labute approximate surface area is 183 Å². The van der Waals surface area contributed by atoms with E-state index in [4.69, 9.17) is 0 Å². The fraction of sp³-hybridized carbons (Fsp3) is 0.125. The minimum atomic E-state index is -1.21. The van der Waals surface area contributed by atoms with E-state index >= 15 is 0 Å². The molecule has 1 N–H and O–H groups in total. The highest BCUT2D eigenvalue weighted by atomic mass is 19.1. The molecule has 2 amide bonds. The van der Waals surface area contributed by atoms with Gasteiger partial charge in [0.1, 0.15) is 24.7 Å². The van der Waals surface area contributed by atoms with Crippen molar-refractivity contribution in [3.63, 3.8) is 0 Å². The third-order valence-corrected chi connectivity index (χ3v) is 4.60. The summed E-state index contributed by atoms with van der Waals surface area (Å²) in [4.78, 5) is 39.7. The van der Waals surface area contributed by atoms with Crippen LogP contribution in [0.25, 0.3) is 0 Å². The lowest BCUT2D eigenvalue weighted by molar-refractivity contribution is -0.136. The first kappa shape index (κ1) is 22.6. The molecule has 0 fully saturated rings. The van der Waals surface area contributed by atoms with Gasteiger partial charge in [-0.15, -0.1) is 0 Å². The molecule has 0 bridgehead atoms. The van der Waals surface area contributed by atoms with Crippen LogP contribution in [-0.4, -0.2) is 36.0 Å². The molecule has 3 rings (SSSR count). The van der Waals surface area contributed by atoms with Gasteiger partial charge in [-0.05, 0) is 42.0 Å². The molecule has 0 aliphatic heterocycles. The van der Waals surface area contributed by atoms with E-state index in [1.54, 1.807) is 60.7 Å². The zero-order valence-electron chi connectivity index (χ0n) is 16.9. The number of nitrogens with zero attached hydrogens (tertiary/aromatic N) is 2. The summed E-state index contributed by atoms with van der Waals surface area (Å²) in [6.45, 7) is -1.04. The molecule has 6 nitrogen and oxygen atoms in total. The third-order valence-electron chi connectivity index (χ3n) is 4.60. The first-order valence-electron chi connectivity index (χ1n) is 9.71. The number of carboxylic acid groups (broad SMARTS) is 1. The summed E-state index contributed by atoms with van der Waals surface area (Å²) in [5.74, 6) is -4.03. The van der Waals surface area contributed by atoms with Gasteiger partial charge in [-0.2, -0.15) is 0 Å². The summed E-state index contributed by atoms with van der Waals surface area (Å²) in [6, 6.07) is 19.3. The van der Waals surface area contributed by atoms with Crippen LogP contribution in [0.4, 0.5) is 20.2 Å². The highest BCUT2D eigenvalue weighted by Gasteiger charge is 2.25. The highest BCUT2D eigenvalue weighted by Crippen LogP contribution is 2.19. The Hall–Kier alpha value is -4.07. The van der Waals surface area contributed by atoms with Crippen LogP contribution in [0.2, 0.25) is 0 Å². The van der Waals surface area contributed by atoms with Crippen LogP contribution in [0.3, 0.4) is 0 Å². The Bertz CT molecular complexity index is 1090. The molecule has 8 heteroatoms. The van der Waals surface area contributed by atoms with Gasteiger partial charge in [0, 0.05) is 17.4 Å². The molecule has 0 saturated heterocycles.